The maximum atomic E-state index is 13.4. The van der Waals surface area contributed by atoms with Crippen LogP contribution in [0.4, 0.5) is 14.5 Å². The molecule has 0 bridgehead atoms. The summed E-state index contributed by atoms with van der Waals surface area (Å²) in [5, 5.41) is 12.4. The third-order valence-corrected chi connectivity index (χ3v) is 3.96. The highest BCUT2D eigenvalue weighted by molar-refractivity contribution is 5.46. The van der Waals surface area contributed by atoms with Crippen molar-refractivity contribution in [3.8, 4) is 0 Å². The van der Waals surface area contributed by atoms with E-state index in [4.69, 9.17) is 4.74 Å². The van der Waals surface area contributed by atoms with Gasteiger partial charge in [-0.3, -0.25) is 0 Å². The minimum absolute atomic E-state index is 0.0565. The molecule has 0 aliphatic heterocycles. The molecule has 2 N–H and O–H groups in total. The van der Waals surface area contributed by atoms with Gasteiger partial charge in [-0.2, -0.15) is 0 Å². The van der Waals surface area contributed by atoms with E-state index in [9.17, 15) is 13.9 Å². The van der Waals surface area contributed by atoms with Gasteiger partial charge in [0.1, 0.15) is 17.3 Å². The van der Waals surface area contributed by atoms with Gasteiger partial charge >= 0.3 is 0 Å². The molecule has 0 heterocycles. The molecule has 0 aromatic heterocycles. The van der Waals surface area contributed by atoms with Gasteiger partial charge in [0.25, 0.3) is 0 Å². The van der Waals surface area contributed by atoms with Crippen molar-refractivity contribution in [3.05, 3.63) is 29.8 Å². The Morgan fingerprint density at radius 2 is 1.86 bits per heavy atom. The number of aliphatic hydroxyl groups is 1. The van der Waals surface area contributed by atoms with Gasteiger partial charge in [-0.1, -0.05) is 13.0 Å². The molecule has 1 aromatic carbocycles. The fraction of sp³-hybridized carbons (Fsp3) is 0.625. The van der Waals surface area contributed by atoms with E-state index >= 15 is 0 Å². The minimum Gasteiger partial charge on any atom is -0.389 e. The molecule has 0 spiro atoms. The lowest BCUT2D eigenvalue weighted by atomic mass is 9.89. The fourth-order valence-corrected chi connectivity index (χ4v) is 2.59. The summed E-state index contributed by atoms with van der Waals surface area (Å²) in [5.41, 5.74) is -0.206. The summed E-state index contributed by atoms with van der Waals surface area (Å²) in [6, 6.07) is 3.66. The van der Waals surface area contributed by atoms with Gasteiger partial charge in [0.2, 0.25) is 0 Å². The number of halogens is 2. The van der Waals surface area contributed by atoms with Gasteiger partial charge in [-0.25, -0.2) is 8.78 Å². The van der Waals surface area contributed by atoms with Gasteiger partial charge in [0.15, 0.2) is 0 Å². The highest BCUT2D eigenvalue weighted by Gasteiger charge is 2.19. The van der Waals surface area contributed by atoms with Gasteiger partial charge in [0, 0.05) is 6.54 Å². The molecule has 1 aliphatic rings. The molecule has 1 saturated carbocycles. The second-order valence-electron chi connectivity index (χ2n) is 5.85. The van der Waals surface area contributed by atoms with E-state index in [-0.39, 0.29) is 24.9 Å². The van der Waals surface area contributed by atoms with Crippen molar-refractivity contribution in [2.24, 2.45) is 5.92 Å². The second-order valence-corrected chi connectivity index (χ2v) is 5.85. The van der Waals surface area contributed by atoms with Crippen molar-refractivity contribution in [2.45, 2.75) is 44.8 Å². The molecule has 1 aliphatic carbocycles. The number of anilines is 1. The molecule has 118 valence electrons. The molecule has 2 rings (SSSR count). The molecule has 1 unspecified atom stereocenters. The van der Waals surface area contributed by atoms with Crippen molar-refractivity contribution < 1.29 is 18.6 Å². The smallest absolute Gasteiger partial charge is 0.149 e. The van der Waals surface area contributed by atoms with Crippen LogP contribution in [0.2, 0.25) is 0 Å². The number of hydrogen-bond donors (Lipinski definition) is 2. The lowest BCUT2D eigenvalue weighted by Crippen LogP contribution is -2.29. The molecule has 1 fully saturated rings. The number of aliphatic hydroxyl groups excluding tert-OH is 1. The Balaban J connectivity index is 1.71. The highest BCUT2D eigenvalue weighted by atomic mass is 19.1. The number of ether oxygens (including phenoxy) is 1. The number of rotatable bonds is 6. The molecule has 5 heteroatoms. The Morgan fingerprint density at radius 1 is 1.24 bits per heavy atom. The first-order valence-electron chi connectivity index (χ1n) is 7.53. The minimum atomic E-state index is -0.789. The molecule has 1 atom stereocenters. The zero-order valence-corrected chi connectivity index (χ0v) is 12.3. The van der Waals surface area contributed by atoms with E-state index < -0.39 is 17.7 Å². The SMILES string of the molecule is CC1CCC(OCC(O)CNc2c(F)cccc2F)CC1. The monoisotopic (exact) mass is 299 g/mol. The zero-order valence-electron chi connectivity index (χ0n) is 12.3. The summed E-state index contributed by atoms with van der Waals surface area (Å²) >= 11 is 0. The maximum Gasteiger partial charge on any atom is 0.149 e. The first-order chi connectivity index (χ1) is 10.1. The summed E-state index contributed by atoms with van der Waals surface area (Å²) in [7, 11) is 0. The third kappa shape index (κ3) is 4.93. The lowest BCUT2D eigenvalue weighted by molar-refractivity contribution is -0.0246. The van der Waals surface area contributed by atoms with Crippen LogP contribution >= 0.6 is 0 Å². The molecular formula is C16H23F2NO2. The Bertz CT molecular complexity index is 428. The van der Waals surface area contributed by atoms with Crippen LogP contribution in [0.1, 0.15) is 32.6 Å². The van der Waals surface area contributed by atoms with E-state index in [2.05, 4.69) is 12.2 Å². The lowest BCUT2D eigenvalue weighted by Gasteiger charge is -2.27. The summed E-state index contributed by atoms with van der Waals surface area (Å²) < 4.78 is 32.5. The van der Waals surface area contributed by atoms with Crippen LogP contribution in [0, 0.1) is 17.6 Å². The third-order valence-electron chi connectivity index (χ3n) is 3.96. The Labute approximate surface area is 124 Å². The molecule has 0 radical (unpaired) electrons. The standard InChI is InChI=1S/C16H23F2NO2/c1-11-5-7-13(8-6-11)21-10-12(20)9-19-16-14(17)3-2-4-15(16)18/h2-4,11-13,19-20H,5-10H2,1H3. The van der Waals surface area contributed by atoms with Crippen LogP contribution in [0.15, 0.2) is 18.2 Å². The van der Waals surface area contributed by atoms with Crippen molar-refractivity contribution in [1.82, 2.24) is 0 Å². The fourth-order valence-electron chi connectivity index (χ4n) is 2.59. The molecule has 21 heavy (non-hydrogen) atoms. The number of para-hydroxylation sites is 1. The van der Waals surface area contributed by atoms with Crippen LogP contribution < -0.4 is 5.32 Å². The Hall–Kier alpha value is -1.20. The number of benzene rings is 1. The van der Waals surface area contributed by atoms with Gasteiger partial charge < -0.3 is 15.2 Å². The molecule has 0 amide bonds. The van der Waals surface area contributed by atoms with E-state index in [0.717, 1.165) is 31.6 Å². The van der Waals surface area contributed by atoms with Crippen LogP contribution in [-0.2, 0) is 4.74 Å². The molecular weight excluding hydrogens is 276 g/mol. The van der Waals surface area contributed by atoms with Crippen molar-refractivity contribution in [2.75, 3.05) is 18.5 Å². The second kappa shape index (κ2) is 7.71. The first-order valence-corrected chi connectivity index (χ1v) is 7.53. The van der Waals surface area contributed by atoms with Crippen LogP contribution in [0.3, 0.4) is 0 Å². The van der Waals surface area contributed by atoms with E-state index in [1.807, 2.05) is 0 Å². The molecule has 1 aromatic rings. The van der Waals surface area contributed by atoms with E-state index in [0.29, 0.717) is 0 Å². The maximum absolute atomic E-state index is 13.4. The molecule has 3 nitrogen and oxygen atoms in total. The van der Waals surface area contributed by atoms with Gasteiger partial charge in [0.05, 0.1) is 18.8 Å². The van der Waals surface area contributed by atoms with Crippen LogP contribution in [-0.4, -0.2) is 30.5 Å². The topological polar surface area (TPSA) is 41.5 Å². The Kier molecular flexibility index (Phi) is 5.94. The normalized spacial score (nSPS) is 23.8. The average Bonchev–Trinajstić information content (AvgIpc) is 2.46. The zero-order chi connectivity index (χ0) is 15.2. The quantitative estimate of drug-likeness (QED) is 0.846. The van der Waals surface area contributed by atoms with E-state index in [1.54, 1.807) is 0 Å². The predicted octanol–water partition coefficient (Wildman–Crippen LogP) is 3.33. The predicted molar refractivity (Wildman–Crippen MR) is 78.2 cm³/mol. The number of hydrogen-bond acceptors (Lipinski definition) is 3. The van der Waals surface area contributed by atoms with Crippen LogP contribution in [0.25, 0.3) is 0 Å². The van der Waals surface area contributed by atoms with Gasteiger partial charge in [-0.05, 0) is 43.7 Å². The van der Waals surface area contributed by atoms with Crippen molar-refractivity contribution >= 4 is 5.69 Å². The van der Waals surface area contributed by atoms with E-state index in [1.165, 1.54) is 18.2 Å². The molecule has 0 saturated heterocycles. The summed E-state index contributed by atoms with van der Waals surface area (Å²) in [5.74, 6) is -0.575. The average molecular weight is 299 g/mol. The Morgan fingerprint density at radius 3 is 2.48 bits per heavy atom. The highest BCUT2D eigenvalue weighted by Crippen LogP contribution is 2.25. The summed E-state index contributed by atoms with van der Waals surface area (Å²) in [6.45, 7) is 2.47. The van der Waals surface area contributed by atoms with Crippen molar-refractivity contribution in [3.63, 3.8) is 0 Å². The summed E-state index contributed by atoms with van der Waals surface area (Å²) in [6.07, 6.45) is 3.75. The van der Waals surface area contributed by atoms with Crippen molar-refractivity contribution in [1.29, 1.82) is 0 Å². The van der Waals surface area contributed by atoms with Crippen LogP contribution in [0.5, 0.6) is 0 Å². The largest absolute Gasteiger partial charge is 0.389 e. The van der Waals surface area contributed by atoms with Gasteiger partial charge in [-0.15, -0.1) is 0 Å². The number of nitrogens with one attached hydrogen (secondary N) is 1. The summed E-state index contributed by atoms with van der Waals surface area (Å²) in [4.78, 5) is 0. The first kappa shape index (κ1) is 16.2.